The lowest BCUT2D eigenvalue weighted by molar-refractivity contribution is -0.107. The molecule has 0 saturated heterocycles. The van der Waals surface area contributed by atoms with Gasteiger partial charge in [-0.1, -0.05) is 12.1 Å². The Hall–Kier alpha value is -1.25. The average molecular weight is 184 g/mol. The number of aldehydes is 1. The van der Waals surface area contributed by atoms with Crippen LogP contribution in [0.2, 0.25) is 0 Å². The summed E-state index contributed by atoms with van der Waals surface area (Å²) >= 11 is 0. The van der Waals surface area contributed by atoms with Crippen LogP contribution < -0.4 is 0 Å². The first-order valence-corrected chi connectivity index (χ1v) is 4.05. The molecule has 1 rings (SSSR count). The van der Waals surface area contributed by atoms with Crippen LogP contribution in [-0.2, 0) is 17.9 Å². The standard InChI is InChI=1S/C10H10F2O/c11-7-9-8(4-2-6-13)3-1-5-10(9)12/h1,3,5-6H,2,4,7H2. The zero-order valence-electron chi connectivity index (χ0n) is 7.09. The number of rotatable bonds is 4. The Labute approximate surface area is 75.4 Å². The third-order valence-electron chi connectivity index (χ3n) is 1.88. The van der Waals surface area contributed by atoms with Gasteiger partial charge in [0.2, 0.25) is 0 Å². The average Bonchev–Trinajstić information content (AvgIpc) is 2.15. The maximum atomic E-state index is 12.9. The molecule has 0 aliphatic heterocycles. The predicted molar refractivity (Wildman–Crippen MR) is 45.6 cm³/mol. The van der Waals surface area contributed by atoms with Crippen LogP contribution in [0.3, 0.4) is 0 Å². The summed E-state index contributed by atoms with van der Waals surface area (Å²) < 4.78 is 25.3. The lowest BCUT2D eigenvalue weighted by Gasteiger charge is -2.04. The summed E-state index contributed by atoms with van der Waals surface area (Å²) in [6.45, 7) is -0.819. The van der Waals surface area contributed by atoms with Crippen LogP contribution in [0.1, 0.15) is 17.5 Å². The number of hydrogen-bond donors (Lipinski definition) is 0. The van der Waals surface area contributed by atoms with Crippen LogP contribution in [-0.4, -0.2) is 6.29 Å². The maximum Gasteiger partial charge on any atom is 0.129 e. The molecule has 0 saturated carbocycles. The van der Waals surface area contributed by atoms with Gasteiger partial charge >= 0.3 is 0 Å². The molecule has 0 fully saturated rings. The van der Waals surface area contributed by atoms with Crippen molar-refractivity contribution < 1.29 is 13.6 Å². The van der Waals surface area contributed by atoms with Gasteiger partial charge in [0.05, 0.1) is 0 Å². The van der Waals surface area contributed by atoms with E-state index in [1.54, 1.807) is 6.07 Å². The smallest absolute Gasteiger partial charge is 0.129 e. The summed E-state index contributed by atoms with van der Waals surface area (Å²) in [4.78, 5) is 10.1. The second-order valence-corrected chi connectivity index (χ2v) is 2.72. The van der Waals surface area contributed by atoms with E-state index < -0.39 is 12.5 Å². The number of alkyl halides is 1. The Kier molecular flexibility index (Phi) is 3.55. The van der Waals surface area contributed by atoms with Gasteiger partial charge in [0, 0.05) is 12.0 Å². The van der Waals surface area contributed by atoms with E-state index in [1.807, 2.05) is 0 Å². The van der Waals surface area contributed by atoms with E-state index in [-0.39, 0.29) is 5.56 Å². The fourth-order valence-electron chi connectivity index (χ4n) is 1.20. The van der Waals surface area contributed by atoms with Gasteiger partial charge in [-0.05, 0) is 18.1 Å². The van der Waals surface area contributed by atoms with Gasteiger partial charge in [-0.2, -0.15) is 0 Å². The molecule has 70 valence electrons. The third-order valence-corrected chi connectivity index (χ3v) is 1.88. The largest absolute Gasteiger partial charge is 0.303 e. The van der Waals surface area contributed by atoms with Crippen LogP contribution >= 0.6 is 0 Å². The molecule has 0 radical (unpaired) electrons. The summed E-state index contributed by atoms with van der Waals surface area (Å²) in [6.07, 6.45) is 1.45. The molecule has 0 spiro atoms. The quantitative estimate of drug-likeness (QED) is 0.657. The summed E-state index contributed by atoms with van der Waals surface area (Å²) in [5, 5.41) is 0. The first kappa shape index (κ1) is 9.84. The van der Waals surface area contributed by atoms with Gasteiger partial charge in [0.1, 0.15) is 18.8 Å². The van der Waals surface area contributed by atoms with Crippen molar-refractivity contribution in [3.8, 4) is 0 Å². The highest BCUT2D eigenvalue weighted by Crippen LogP contribution is 2.16. The van der Waals surface area contributed by atoms with Crippen molar-refractivity contribution in [2.75, 3.05) is 0 Å². The normalized spacial score (nSPS) is 10.0. The molecule has 0 aliphatic carbocycles. The van der Waals surface area contributed by atoms with Crippen molar-refractivity contribution in [3.05, 3.63) is 35.1 Å². The van der Waals surface area contributed by atoms with Gasteiger partial charge in [-0.15, -0.1) is 0 Å². The third kappa shape index (κ3) is 2.34. The fourth-order valence-corrected chi connectivity index (χ4v) is 1.20. The number of benzene rings is 1. The van der Waals surface area contributed by atoms with Crippen molar-refractivity contribution in [2.45, 2.75) is 19.5 Å². The number of carbonyl (C=O) groups is 1. The second kappa shape index (κ2) is 4.70. The highest BCUT2D eigenvalue weighted by atomic mass is 19.1. The number of aryl methyl sites for hydroxylation is 1. The Morgan fingerprint density at radius 2 is 2.15 bits per heavy atom. The second-order valence-electron chi connectivity index (χ2n) is 2.72. The van der Waals surface area contributed by atoms with Crippen LogP contribution in [0, 0.1) is 5.82 Å². The van der Waals surface area contributed by atoms with Gasteiger partial charge in [0.25, 0.3) is 0 Å². The number of hydrogen-bond acceptors (Lipinski definition) is 1. The number of carbonyl (C=O) groups excluding carboxylic acids is 1. The van der Waals surface area contributed by atoms with E-state index in [0.717, 1.165) is 6.29 Å². The van der Waals surface area contributed by atoms with E-state index in [0.29, 0.717) is 18.4 Å². The van der Waals surface area contributed by atoms with Crippen LogP contribution in [0.5, 0.6) is 0 Å². The van der Waals surface area contributed by atoms with Crippen molar-refractivity contribution in [1.82, 2.24) is 0 Å². The molecule has 0 heterocycles. The highest BCUT2D eigenvalue weighted by Gasteiger charge is 2.06. The molecule has 0 aromatic heterocycles. The molecular weight excluding hydrogens is 174 g/mol. The lowest BCUT2D eigenvalue weighted by atomic mass is 10.0. The summed E-state index contributed by atoms with van der Waals surface area (Å²) in [5.74, 6) is -0.536. The highest BCUT2D eigenvalue weighted by molar-refractivity contribution is 5.50. The molecule has 0 amide bonds. The van der Waals surface area contributed by atoms with Crippen molar-refractivity contribution in [2.24, 2.45) is 0 Å². The Morgan fingerprint density at radius 3 is 2.77 bits per heavy atom. The van der Waals surface area contributed by atoms with Gasteiger partial charge in [0.15, 0.2) is 0 Å². The molecular formula is C10H10F2O. The van der Waals surface area contributed by atoms with E-state index >= 15 is 0 Å². The van der Waals surface area contributed by atoms with Gasteiger partial charge in [-0.25, -0.2) is 8.78 Å². The molecule has 1 aromatic rings. The zero-order valence-corrected chi connectivity index (χ0v) is 7.09. The van der Waals surface area contributed by atoms with Crippen LogP contribution in [0.15, 0.2) is 18.2 Å². The molecule has 0 bridgehead atoms. The summed E-state index contributed by atoms with van der Waals surface area (Å²) in [6, 6.07) is 4.38. The first-order valence-electron chi connectivity index (χ1n) is 4.05. The van der Waals surface area contributed by atoms with Crippen LogP contribution in [0.25, 0.3) is 0 Å². The minimum Gasteiger partial charge on any atom is -0.303 e. The molecule has 1 aromatic carbocycles. The van der Waals surface area contributed by atoms with Crippen molar-refractivity contribution in [1.29, 1.82) is 0 Å². The lowest BCUT2D eigenvalue weighted by Crippen LogP contribution is -1.96. The fraction of sp³-hybridized carbons (Fsp3) is 0.300. The van der Waals surface area contributed by atoms with Crippen LogP contribution in [0.4, 0.5) is 8.78 Å². The SMILES string of the molecule is O=CCCc1cccc(F)c1CF. The minimum atomic E-state index is -0.819. The Bertz CT molecular complexity index is 297. The number of halogens is 2. The first-order chi connectivity index (χ1) is 6.29. The van der Waals surface area contributed by atoms with E-state index in [9.17, 15) is 13.6 Å². The summed E-state index contributed by atoms with van der Waals surface area (Å²) in [5.41, 5.74) is 0.652. The molecule has 13 heavy (non-hydrogen) atoms. The molecule has 0 aliphatic rings. The minimum absolute atomic E-state index is 0.0735. The maximum absolute atomic E-state index is 12.9. The Balaban J connectivity index is 2.91. The predicted octanol–water partition coefficient (Wildman–Crippen LogP) is 2.43. The molecule has 0 unspecified atom stereocenters. The summed E-state index contributed by atoms with van der Waals surface area (Å²) in [7, 11) is 0. The van der Waals surface area contributed by atoms with E-state index in [4.69, 9.17) is 0 Å². The monoisotopic (exact) mass is 184 g/mol. The topological polar surface area (TPSA) is 17.1 Å². The molecule has 1 nitrogen and oxygen atoms in total. The Morgan fingerprint density at radius 1 is 1.38 bits per heavy atom. The van der Waals surface area contributed by atoms with Crippen molar-refractivity contribution in [3.63, 3.8) is 0 Å². The van der Waals surface area contributed by atoms with Gasteiger partial charge in [-0.3, -0.25) is 0 Å². The molecule has 3 heteroatoms. The van der Waals surface area contributed by atoms with Gasteiger partial charge < -0.3 is 4.79 Å². The zero-order chi connectivity index (χ0) is 9.68. The van der Waals surface area contributed by atoms with Crippen molar-refractivity contribution >= 4 is 6.29 Å². The van der Waals surface area contributed by atoms with E-state index in [2.05, 4.69) is 0 Å². The molecule has 0 atom stereocenters. The molecule has 0 N–H and O–H groups in total. The van der Waals surface area contributed by atoms with E-state index in [1.165, 1.54) is 12.1 Å².